The molecule has 1 saturated carbocycles. The zero-order valence-electron chi connectivity index (χ0n) is 12.6. The summed E-state index contributed by atoms with van der Waals surface area (Å²) < 4.78 is 0. The lowest BCUT2D eigenvalue weighted by Gasteiger charge is -2.48. The van der Waals surface area contributed by atoms with Crippen LogP contribution in [0.3, 0.4) is 0 Å². The number of piperazine rings is 1. The third-order valence-electron chi connectivity index (χ3n) is 5.03. The Morgan fingerprint density at radius 2 is 2.11 bits per heavy atom. The molecule has 2 rings (SSSR count). The number of rotatable bonds is 3. The summed E-state index contributed by atoms with van der Waals surface area (Å²) >= 11 is 0. The molecule has 4 nitrogen and oxygen atoms in total. The molecule has 0 spiro atoms. The van der Waals surface area contributed by atoms with Crippen LogP contribution in [0, 0.1) is 17.8 Å². The van der Waals surface area contributed by atoms with Crippen molar-refractivity contribution < 1.29 is 4.79 Å². The summed E-state index contributed by atoms with van der Waals surface area (Å²) in [6, 6.07) is 0.411. The number of carbonyl (C=O) groups excluding carboxylic acids is 1. The van der Waals surface area contributed by atoms with Gasteiger partial charge in [-0.2, -0.15) is 0 Å². The molecule has 0 aromatic heterocycles. The van der Waals surface area contributed by atoms with E-state index in [1.807, 2.05) is 0 Å². The standard InChI is InChI=1S/C15H29N3O/c1-10(2)12-5-4-11(3)8-13(12)18-7-6-17-9-14(18)15(16)19/h10-14,17H,4-9H2,1-3H3,(H2,16,19). The molecule has 1 saturated heterocycles. The number of primary amides is 1. The van der Waals surface area contributed by atoms with Crippen molar-refractivity contribution in [1.82, 2.24) is 10.2 Å². The largest absolute Gasteiger partial charge is 0.368 e. The fourth-order valence-electron chi connectivity index (χ4n) is 3.91. The highest BCUT2D eigenvalue weighted by molar-refractivity contribution is 5.80. The molecule has 0 bridgehead atoms. The topological polar surface area (TPSA) is 58.4 Å². The Hall–Kier alpha value is -0.610. The molecule has 4 unspecified atom stereocenters. The predicted octanol–water partition coefficient (Wildman–Crippen LogP) is 1.21. The minimum atomic E-state index is -0.173. The molecule has 19 heavy (non-hydrogen) atoms. The van der Waals surface area contributed by atoms with Crippen LogP contribution < -0.4 is 11.1 Å². The van der Waals surface area contributed by atoms with Gasteiger partial charge in [-0.3, -0.25) is 9.69 Å². The van der Waals surface area contributed by atoms with Gasteiger partial charge in [-0.25, -0.2) is 0 Å². The van der Waals surface area contributed by atoms with Crippen LogP contribution in [0.15, 0.2) is 0 Å². The third-order valence-corrected chi connectivity index (χ3v) is 5.03. The van der Waals surface area contributed by atoms with Gasteiger partial charge in [-0.05, 0) is 30.6 Å². The molecular weight excluding hydrogens is 238 g/mol. The molecule has 3 N–H and O–H groups in total. The summed E-state index contributed by atoms with van der Waals surface area (Å²) in [6.07, 6.45) is 3.83. The van der Waals surface area contributed by atoms with Crippen LogP contribution in [-0.2, 0) is 4.79 Å². The molecule has 110 valence electrons. The van der Waals surface area contributed by atoms with Crippen molar-refractivity contribution in [2.24, 2.45) is 23.5 Å². The molecule has 0 aromatic carbocycles. The lowest BCUT2D eigenvalue weighted by molar-refractivity contribution is -0.126. The maximum Gasteiger partial charge on any atom is 0.236 e. The van der Waals surface area contributed by atoms with E-state index < -0.39 is 0 Å². The number of nitrogens with two attached hydrogens (primary N) is 1. The van der Waals surface area contributed by atoms with E-state index in [1.54, 1.807) is 0 Å². The van der Waals surface area contributed by atoms with Gasteiger partial charge in [0.2, 0.25) is 5.91 Å². The van der Waals surface area contributed by atoms with E-state index in [1.165, 1.54) is 19.3 Å². The highest BCUT2D eigenvalue weighted by Crippen LogP contribution is 2.37. The van der Waals surface area contributed by atoms with Crippen molar-refractivity contribution in [2.45, 2.75) is 52.1 Å². The van der Waals surface area contributed by atoms with Crippen LogP contribution in [0.25, 0.3) is 0 Å². The fraction of sp³-hybridized carbons (Fsp3) is 0.933. The summed E-state index contributed by atoms with van der Waals surface area (Å²) in [5.41, 5.74) is 5.60. The second-order valence-corrected chi connectivity index (χ2v) is 6.75. The maximum absolute atomic E-state index is 11.7. The quantitative estimate of drug-likeness (QED) is 0.808. The number of hydrogen-bond acceptors (Lipinski definition) is 3. The van der Waals surface area contributed by atoms with E-state index in [0.717, 1.165) is 19.0 Å². The van der Waals surface area contributed by atoms with Crippen LogP contribution >= 0.6 is 0 Å². The van der Waals surface area contributed by atoms with Crippen molar-refractivity contribution >= 4 is 5.91 Å². The first-order chi connectivity index (χ1) is 9.00. The average molecular weight is 267 g/mol. The SMILES string of the molecule is CC1CCC(C(C)C)C(N2CCNCC2C(N)=O)C1. The van der Waals surface area contributed by atoms with E-state index in [0.29, 0.717) is 24.4 Å². The summed E-state index contributed by atoms with van der Waals surface area (Å²) in [6.45, 7) is 9.61. The van der Waals surface area contributed by atoms with E-state index in [4.69, 9.17) is 5.73 Å². The number of nitrogens with one attached hydrogen (secondary N) is 1. The van der Waals surface area contributed by atoms with Gasteiger partial charge < -0.3 is 11.1 Å². The van der Waals surface area contributed by atoms with Gasteiger partial charge in [0.05, 0.1) is 0 Å². The Morgan fingerprint density at radius 3 is 2.74 bits per heavy atom. The Bertz CT molecular complexity index is 319. The number of amides is 1. The zero-order valence-corrected chi connectivity index (χ0v) is 12.6. The van der Waals surface area contributed by atoms with Crippen LogP contribution in [0.1, 0.15) is 40.0 Å². The van der Waals surface area contributed by atoms with E-state index in [9.17, 15) is 4.79 Å². The van der Waals surface area contributed by atoms with Gasteiger partial charge in [-0.1, -0.05) is 27.2 Å². The zero-order chi connectivity index (χ0) is 14.0. The third kappa shape index (κ3) is 3.29. The molecule has 0 aromatic rings. The first-order valence-electron chi connectivity index (χ1n) is 7.76. The van der Waals surface area contributed by atoms with Gasteiger partial charge in [0.25, 0.3) is 0 Å². The van der Waals surface area contributed by atoms with Gasteiger partial charge in [-0.15, -0.1) is 0 Å². The van der Waals surface area contributed by atoms with E-state index in [-0.39, 0.29) is 11.9 Å². The Morgan fingerprint density at radius 1 is 1.37 bits per heavy atom. The summed E-state index contributed by atoms with van der Waals surface area (Å²) in [5.74, 6) is 1.98. The van der Waals surface area contributed by atoms with Crippen molar-refractivity contribution in [3.63, 3.8) is 0 Å². The van der Waals surface area contributed by atoms with Crippen molar-refractivity contribution in [2.75, 3.05) is 19.6 Å². The smallest absolute Gasteiger partial charge is 0.236 e. The van der Waals surface area contributed by atoms with Gasteiger partial charge >= 0.3 is 0 Å². The minimum Gasteiger partial charge on any atom is -0.368 e. The van der Waals surface area contributed by atoms with Crippen molar-refractivity contribution in [1.29, 1.82) is 0 Å². The van der Waals surface area contributed by atoms with Crippen LogP contribution in [0.2, 0.25) is 0 Å². The Kier molecular flexibility index (Phi) is 4.85. The molecular formula is C15H29N3O. The Balaban J connectivity index is 2.16. The average Bonchev–Trinajstić information content (AvgIpc) is 2.38. The fourth-order valence-corrected chi connectivity index (χ4v) is 3.91. The summed E-state index contributed by atoms with van der Waals surface area (Å²) in [5, 5.41) is 3.30. The van der Waals surface area contributed by atoms with E-state index >= 15 is 0 Å². The van der Waals surface area contributed by atoms with Crippen LogP contribution in [0.4, 0.5) is 0 Å². The van der Waals surface area contributed by atoms with Crippen LogP contribution in [0.5, 0.6) is 0 Å². The highest BCUT2D eigenvalue weighted by atomic mass is 16.1. The summed E-state index contributed by atoms with van der Waals surface area (Å²) in [4.78, 5) is 14.1. The van der Waals surface area contributed by atoms with Gasteiger partial charge in [0, 0.05) is 25.7 Å². The molecule has 2 aliphatic rings. The Labute approximate surface area is 117 Å². The minimum absolute atomic E-state index is 0.120. The van der Waals surface area contributed by atoms with Gasteiger partial charge in [0.15, 0.2) is 0 Å². The molecule has 1 amide bonds. The highest BCUT2D eigenvalue weighted by Gasteiger charge is 2.39. The van der Waals surface area contributed by atoms with Gasteiger partial charge in [0.1, 0.15) is 6.04 Å². The lowest BCUT2D eigenvalue weighted by atomic mass is 9.73. The van der Waals surface area contributed by atoms with Crippen molar-refractivity contribution in [3.8, 4) is 0 Å². The maximum atomic E-state index is 11.7. The monoisotopic (exact) mass is 267 g/mol. The molecule has 4 atom stereocenters. The molecule has 1 aliphatic heterocycles. The number of nitrogens with zero attached hydrogens (tertiary/aromatic N) is 1. The molecule has 0 radical (unpaired) electrons. The lowest BCUT2D eigenvalue weighted by Crippen LogP contribution is -2.62. The molecule has 1 aliphatic carbocycles. The molecule has 2 fully saturated rings. The second-order valence-electron chi connectivity index (χ2n) is 6.75. The van der Waals surface area contributed by atoms with Crippen LogP contribution in [-0.4, -0.2) is 42.5 Å². The predicted molar refractivity (Wildman–Crippen MR) is 77.7 cm³/mol. The first-order valence-corrected chi connectivity index (χ1v) is 7.76. The molecule has 1 heterocycles. The van der Waals surface area contributed by atoms with E-state index in [2.05, 4.69) is 31.0 Å². The van der Waals surface area contributed by atoms with Crippen molar-refractivity contribution in [3.05, 3.63) is 0 Å². The second kappa shape index (κ2) is 6.23. The normalized spacial score (nSPS) is 37.5. The first kappa shape index (κ1) is 14.8. The summed E-state index contributed by atoms with van der Waals surface area (Å²) in [7, 11) is 0. The number of carbonyl (C=O) groups is 1. The number of hydrogen-bond donors (Lipinski definition) is 2. The molecule has 4 heteroatoms.